The monoisotopic (exact) mass is 208 g/mol. The van der Waals surface area contributed by atoms with E-state index >= 15 is 0 Å². The van der Waals surface area contributed by atoms with E-state index in [9.17, 15) is 4.79 Å². The number of amides is 1. The van der Waals surface area contributed by atoms with Gasteiger partial charge in [-0.05, 0) is 19.9 Å². The lowest BCUT2D eigenvalue weighted by Crippen LogP contribution is -2.55. The molecule has 4 heteroatoms. The van der Waals surface area contributed by atoms with Gasteiger partial charge in [0.05, 0.1) is 11.8 Å². The van der Waals surface area contributed by atoms with E-state index < -0.39 is 0 Å². The average molecular weight is 208 g/mol. The van der Waals surface area contributed by atoms with E-state index in [0.717, 1.165) is 13.1 Å². The van der Waals surface area contributed by atoms with Crippen molar-refractivity contribution in [2.75, 3.05) is 13.1 Å². The summed E-state index contributed by atoms with van der Waals surface area (Å²) in [5, 5.41) is 3.39. The summed E-state index contributed by atoms with van der Waals surface area (Å²) in [6.45, 7) is 5.69. The summed E-state index contributed by atoms with van der Waals surface area (Å²) in [6, 6.07) is 2.41. The van der Waals surface area contributed by atoms with Gasteiger partial charge in [-0.15, -0.1) is 0 Å². The van der Waals surface area contributed by atoms with Crippen LogP contribution in [0.25, 0.3) is 0 Å². The molecular weight excluding hydrogens is 192 g/mol. The maximum Gasteiger partial charge on any atom is 0.257 e. The number of carbonyl (C=O) groups is 1. The first kappa shape index (κ1) is 10.2. The average Bonchev–Trinajstić information content (AvgIpc) is 2.67. The Morgan fingerprint density at radius 2 is 2.13 bits per heavy atom. The van der Waals surface area contributed by atoms with Crippen LogP contribution in [0.2, 0.25) is 0 Å². The normalized spacial score (nSPS) is 26.7. The first-order valence-corrected chi connectivity index (χ1v) is 5.24. The van der Waals surface area contributed by atoms with E-state index in [4.69, 9.17) is 4.42 Å². The lowest BCUT2D eigenvalue weighted by Gasteiger charge is -2.35. The molecule has 2 heterocycles. The van der Waals surface area contributed by atoms with Gasteiger partial charge in [0.25, 0.3) is 5.91 Å². The van der Waals surface area contributed by atoms with Crippen molar-refractivity contribution < 1.29 is 9.21 Å². The number of hydrogen-bond donors (Lipinski definition) is 1. The van der Waals surface area contributed by atoms with Crippen LogP contribution in [-0.4, -0.2) is 36.0 Å². The van der Waals surface area contributed by atoms with Crippen LogP contribution < -0.4 is 5.32 Å². The summed E-state index contributed by atoms with van der Waals surface area (Å²) in [7, 11) is 0. The molecule has 0 saturated carbocycles. The zero-order chi connectivity index (χ0) is 10.8. The second-order valence-corrected chi connectivity index (χ2v) is 4.19. The van der Waals surface area contributed by atoms with Crippen LogP contribution in [-0.2, 0) is 0 Å². The Kier molecular flexibility index (Phi) is 2.77. The third kappa shape index (κ3) is 2.21. The highest BCUT2D eigenvalue weighted by molar-refractivity contribution is 5.93. The van der Waals surface area contributed by atoms with Gasteiger partial charge in [0.15, 0.2) is 0 Å². The van der Waals surface area contributed by atoms with Gasteiger partial charge in [-0.1, -0.05) is 0 Å². The Hall–Kier alpha value is -1.29. The molecule has 0 radical (unpaired) electrons. The molecule has 1 aliphatic heterocycles. The van der Waals surface area contributed by atoms with E-state index in [2.05, 4.69) is 19.2 Å². The molecule has 2 unspecified atom stereocenters. The predicted molar refractivity (Wildman–Crippen MR) is 56.7 cm³/mol. The highest BCUT2D eigenvalue weighted by atomic mass is 16.3. The largest absolute Gasteiger partial charge is 0.472 e. The maximum atomic E-state index is 12.0. The molecule has 1 amide bonds. The first-order chi connectivity index (χ1) is 7.16. The van der Waals surface area contributed by atoms with E-state index in [1.807, 2.05) is 4.90 Å². The Labute approximate surface area is 89.2 Å². The molecular formula is C11H16N2O2. The lowest BCUT2D eigenvalue weighted by molar-refractivity contribution is 0.0673. The van der Waals surface area contributed by atoms with Gasteiger partial charge in [-0.25, -0.2) is 0 Å². The van der Waals surface area contributed by atoms with Crippen LogP contribution in [0, 0.1) is 0 Å². The van der Waals surface area contributed by atoms with Crippen molar-refractivity contribution in [2.24, 2.45) is 0 Å². The smallest absolute Gasteiger partial charge is 0.257 e. The molecule has 82 valence electrons. The molecule has 1 aromatic heterocycles. The van der Waals surface area contributed by atoms with Crippen molar-refractivity contribution in [3.63, 3.8) is 0 Å². The molecule has 1 aliphatic rings. The minimum absolute atomic E-state index is 0.0592. The van der Waals surface area contributed by atoms with Gasteiger partial charge < -0.3 is 14.6 Å². The van der Waals surface area contributed by atoms with Crippen molar-refractivity contribution in [1.29, 1.82) is 0 Å². The molecule has 2 rings (SSSR count). The van der Waals surface area contributed by atoms with Gasteiger partial charge in [-0.3, -0.25) is 4.79 Å². The molecule has 1 N–H and O–H groups in total. The van der Waals surface area contributed by atoms with Crippen LogP contribution in [0.1, 0.15) is 24.2 Å². The summed E-state index contributed by atoms with van der Waals surface area (Å²) in [4.78, 5) is 13.9. The standard InChI is InChI=1S/C11H16N2O2/c1-8-5-13(6-9(2)12-8)11(14)10-3-4-15-7-10/h3-4,7-9,12H,5-6H2,1-2H3. The molecule has 0 bridgehead atoms. The summed E-state index contributed by atoms with van der Waals surface area (Å²) >= 11 is 0. The van der Waals surface area contributed by atoms with Gasteiger partial charge >= 0.3 is 0 Å². The minimum Gasteiger partial charge on any atom is -0.472 e. The molecule has 2 atom stereocenters. The van der Waals surface area contributed by atoms with Gasteiger partial charge in [0.1, 0.15) is 6.26 Å². The van der Waals surface area contributed by atoms with E-state index in [-0.39, 0.29) is 5.91 Å². The van der Waals surface area contributed by atoms with Crippen LogP contribution in [0.3, 0.4) is 0 Å². The molecule has 15 heavy (non-hydrogen) atoms. The number of hydrogen-bond acceptors (Lipinski definition) is 3. The third-order valence-corrected chi connectivity index (χ3v) is 2.61. The summed E-state index contributed by atoms with van der Waals surface area (Å²) in [5.74, 6) is 0.0592. The predicted octanol–water partition coefficient (Wildman–Crippen LogP) is 1.10. The maximum absolute atomic E-state index is 12.0. The van der Waals surface area contributed by atoms with Crippen molar-refractivity contribution in [2.45, 2.75) is 25.9 Å². The number of carbonyl (C=O) groups excluding carboxylic acids is 1. The zero-order valence-corrected chi connectivity index (χ0v) is 9.06. The third-order valence-electron chi connectivity index (χ3n) is 2.61. The van der Waals surface area contributed by atoms with E-state index in [1.54, 1.807) is 6.07 Å². The molecule has 0 spiro atoms. The summed E-state index contributed by atoms with van der Waals surface area (Å²) < 4.78 is 4.92. The number of nitrogens with one attached hydrogen (secondary N) is 1. The van der Waals surface area contributed by atoms with Gasteiger partial charge in [-0.2, -0.15) is 0 Å². The molecule has 1 aromatic rings. The van der Waals surface area contributed by atoms with Crippen molar-refractivity contribution in [1.82, 2.24) is 10.2 Å². The lowest BCUT2D eigenvalue weighted by atomic mass is 10.1. The Balaban J connectivity index is 2.07. The highest BCUT2D eigenvalue weighted by Gasteiger charge is 2.25. The Morgan fingerprint density at radius 3 is 2.67 bits per heavy atom. The fourth-order valence-electron chi connectivity index (χ4n) is 2.06. The molecule has 0 aliphatic carbocycles. The van der Waals surface area contributed by atoms with Crippen molar-refractivity contribution in [3.05, 3.63) is 24.2 Å². The number of nitrogens with zero attached hydrogens (tertiary/aromatic N) is 1. The van der Waals surface area contributed by atoms with E-state index in [1.165, 1.54) is 12.5 Å². The van der Waals surface area contributed by atoms with E-state index in [0.29, 0.717) is 17.6 Å². The van der Waals surface area contributed by atoms with Gasteiger partial charge in [0, 0.05) is 25.2 Å². The second kappa shape index (κ2) is 4.06. The summed E-state index contributed by atoms with van der Waals surface area (Å²) in [6.07, 6.45) is 3.03. The van der Waals surface area contributed by atoms with Crippen LogP contribution >= 0.6 is 0 Å². The molecule has 1 saturated heterocycles. The number of piperazine rings is 1. The van der Waals surface area contributed by atoms with Crippen LogP contribution in [0.15, 0.2) is 23.0 Å². The van der Waals surface area contributed by atoms with Crippen molar-refractivity contribution in [3.8, 4) is 0 Å². The molecule has 1 fully saturated rings. The SMILES string of the molecule is CC1CN(C(=O)c2ccoc2)CC(C)N1. The van der Waals surface area contributed by atoms with Crippen molar-refractivity contribution >= 4 is 5.91 Å². The second-order valence-electron chi connectivity index (χ2n) is 4.19. The van der Waals surface area contributed by atoms with Crippen LogP contribution in [0.4, 0.5) is 0 Å². The Bertz CT molecular complexity index is 324. The number of furan rings is 1. The highest BCUT2D eigenvalue weighted by Crippen LogP contribution is 2.10. The fraction of sp³-hybridized carbons (Fsp3) is 0.545. The Morgan fingerprint density at radius 1 is 1.47 bits per heavy atom. The first-order valence-electron chi connectivity index (χ1n) is 5.24. The fourth-order valence-corrected chi connectivity index (χ4v) is 2.06. The van der Waals surface area contributed by atoms with Crippen LogP contribution in [0.5, 0.6) is 0 Å². The minimum atomic E-state index is 0.0592. The summed E-state index contributed by atoms with van der Waals surface area (Å²) in [5.41, 5.74) is 0.635. The number of rotatable bonds is 1. The quantitative estimate of drug-likeness (QED) is 0.751. The topological polar surface area (TPSA) is 45.5 Å². The molecule has 4 nitrogen and oxygen atoms in total. The van der Waals surface area contributed by atoms with Gasteiger partial charge in [0.2, 0.25) is 0 Å². The molecule has 0 aromatic carbocycles. The zero-order valence-electron chi connectivity index (χ0n) is 9.06.